The summed E-state index contributed by atoms with van der Waals surface area (Å²) in [5.41, 5.74) is 3.34. The molecule has 3 aliphatic heterocycles. The number of ether oxygens (including phenoxy) is 1. The molecule has 3 heterocycles. The van der Waals surface area contributed by atoms with E-state index in [4.69, 9.17) is 4.74 Å². The van der Waals surface area contributed by atoms with Crippen LogP contribution in [0.15, 0.2) is 18.2 Å². The van der Waals surface area contributed by atoms with E-state index >= 15 is 0 Å². The summed E-state index contributed by atoms with van der Waals surface area (Å²) in [5, 5.41) is 3.37. The molecular weight excluding hydrogens is 282 g/mol. The highest BCUT2D eigenvalue weighted by Crippen LogP contribution is 2.41. The monoisotopic (exact) mass is 303 g/mol. The van der Waals surface area contributed by atoms with Gasteiger partial charge in [-0.25, -0.2) is 0 Å². The molecule has 2 atom stereocenters. The summed E-state index contributed by atoms with van der Waals surface area (Å²) in [6.45, 7) is 1.73. The second-order valence-corrected chi connectivity index (χ2v) is 7.54. The first-order valence-electron chi connectivity index (χ1n) is 7.89. The summed E-state index contributed by atoms with van der Waals surface area (Å²) < 4.78 is 6.03. The van der Waals surface area contributed by atoms with Crippen LogP contribution in [0.25, 0.3) is 0 Å². The zero-order valence-corrected chi connectivity index (χ0v) is 13.0. The van der Waals surface area contributed by atoms with Crippen molar-refractivity contribution in [2.24, 2.45) is 5.92 Å². The van der Waals surface area contributed by atoms with Crippen LogP contribution in [0, 0.1) is 5.92 Å². The first-order valence-corrected chi connectivity index (χ1v) is 9.04. The van der Waals surface area contributed by atoms with Crippen molar-refractivity contribution in [2.45, 2.75) is 31.3 Å². The van der Waals surface area contributed by atoms with Gasteiger partial charge in [0.2, 0.25) is 0 Å². The third-order valence-electron chi connectivity index (χ3n) is 5.04. The van der Waals surface area contributed by atoms with Crippen LogP contribution < -0.4 is 5.32 Å². The maximum Gasteiger partial charge on any atom is 0.166 e. The summed E-state index contributed by atoms with van der Waals surface area (Å²) >= 11 is 1.96. The van der Waals surface area contributed by atoms with E-state index in [0.717, 1.165) is 55.8 Å². The first-order chi connectivity index (χ1) is 10.3. The minimum atomic E-state index is -0.0157. The Hall–Kier alpha value is -1.00. The van der Waals surface area contributed by atoms with E-state index in [1.165, 1.54) is 11.3 Å². The van der Waals surface area contributed by atoms with Crippen molar-refractivity contribution in [1.82, 2.24) is 0 Å². The third-order valence-corrected chi connectivity index (χ3v) is 6.26. The highest BCUT2D eigenvalue weighted by Gasteiger charge is 2.42. The lowest BCUT2D eigenvalue weighted by molar-refractivity contribution is -0.0734. The van der Waals surface area contributed by atoms with Crippen LogP contribution in [0.2, 0.25) is 0 Å². The van der Waals surface area contributed by atoms with Gasteiger partial charge >= 0.3 is 0 Å². The van der Waals surface area contributed by atoms with Gasteiger partial charge < -0.3 is 10.1 Å². The molecule has 2 unspecified atom stereocenters. The lowest BCUT2D eigenvalue weighted by atomic mass is 9.81. The lowest BCUT2D eigenvalue weighted by Crippen LogP contribution is -2.42. The smallest absolute Gasteiger partial charge is 0.166 e. The Morgan fingerprint density at radius 2 is 2.38 bits per heavy atom. The number of hydrogen-bond donors (Lipinski definition) is 1. The number of thioether (sulfide) groups is 1. The van der Waals surface area contributed by atoms with E-state index in [2.05, 4.69) is 17.4 Å². The van der Waals surface area contributed by atoms with E-state index in [-0.39, 0.29) is 11.5 Å². The number of carbonyl (C=O) groups is 1. The molecule has 112 valence electrons. The molecule has 1 N–H and O–H groups in total. The molecule has 1 aromatic rings. The summed E-state index contributed by atoms with van der Waals surface area (Å²) in [5.74, 6) is 2.68. The van der Waals surface area contributed by atoms with Gasteiger partial charge in [0.25, 0.3) is 0 Å². The topological polar surface area (TPSA) is 38.3 Å². The van der Waals surface area contributed by atoms with Crippen molar-refractivity contribution >= 4 is 23.2 Å². The molecule has 1 aromatic carbocycles. The molecule has 4 heteroatoms. The number of hydrogen-bond acceptors (Lipinski definition) is 4. The highest BCUT2D eigenvalue weighted by atomic mass is 32.2. The average molecular weight is 303 g/mol. The van der Waals surface area contributed by atoms with Gasteiger partial charge in [0.15, 0.2) is 5.78 Å². The van der Waals surface area contributed by atoms with Gasteiger partial charge in [-0.05, 0) is 43.1 Å². The number of ketones is 1. The fraction of sp³-hybridized carbons (Fsp3) is 0.588. The molecule has 3 aliphatic rings. The quantitative estimate of drug-likeness (QED) is 0.852. The average Bonchev–Trinajstić information content (AvgIpc) is 3.15. The Bertz CT molecular complexity index is 566. The van der Waals surface area contributed by atoms with Crippen molar-refractivity contribution in [3.05, 3.63) is 29.3 Å². The molecule has 0 bridgehead atoms. The van der Waals surface area contributed by atoms with Gasteiger partial charge in [0.05, 0.1) is 5.60 Å². The Balaban J connectivity index is 1.54. The first kappa shape index (κ1) is 13.6. The number of anilines is 1. The molecule has 0 amide bonds. The van der Waals surface area contributed by atoms with Crippen LogP contribution in [-0.4, -0.2) is 36.0 Å². The molecule has 0 aromatic heterocycles. The maximum absolute atomic E-state index is 12.8. The van der Waals surface area contributed by atoms with Gasteiger partial charge in [-0.3, -0.25) is 4.79 Å². The predicted octanol–water partition coefficient (Wildman–Crippen LogP) is 3.14. The number of rotatable bonds is 2. The van der Waals surface area contributed by atoms with Crippen LogP contribution in [0.1, 0.15) is 35.2 Å². The zero-order chi connectivity index (χ0) is 14.3. The molecule has 0 aliphatic carbocycles. The Morgan fingerprint density at radius 3 is 3.24 bits per heavy atom. The van der Waals surface area contributed by atoms with Gasteiger partial charge in [-0.15, -0.1) is 0 Å². The minimum Gasteiger partial charge on any atom is -0.384 e. The van der Waals surface area contributed by atoms with Gasteiger partial charge in [-0.1, -0.05) is 12.1 Å². The molecule has 1 spiro atoms. The van der Waals surface area contributed by atoms with Gasteiger partial charge in [0.1, 0.15) is 0 Å². The number of carbonyl (C=O) groups excluding carboxylic acids is 1. The van der Waals surface area contributed by atoms with Crippen molar-refractivity contribution in [1.29, 1.82) is 0 Å². The Labute approximate surface area is 129 Å². The number of Topliss-reactive ketones (excluding diaryl/α,β-unsaturated/α-hetero) is 1. The van der Waals surface area contributed by atoms with Gasteiger partial charge in [-0.2, -0.15) is 11.8 Å². The molecular formula is C17H21NO2S. The van der Waals surface area contributed by atoms with Crippen molar-refractivity contribution < 1.29 is 9.53 Å². The molecule has 0 saturated carbocycles. The van der Waals surface area contributed by atoms with Crippen LogP contribution in [0.3, 0.4) is 0 Å². The summed E-state index contributed by atoms with van der Waals surface area (Å²) in [7, 11) is 0. The fourth-order valence-corrected chi connectivity index (χ4v) is 5.17. The van der Waals surface area contributed by atoms with E-state index in [1.54, 1.807) is 0 Å². The molecule has 0 radical (unpaired) electrons. The second-order valence-electron chi connectivity index (χ2n) is 6.44. The standard InChI is InChI=1S/C17H21NO2S/c19-16(13-2-1-12-3-6-18-15(12)9-13)14-4-7-20-17(10-14)5-8-21-11-17/h1-2,9,14,18H,3-8,10-11H2. The van der Waals surface area contributed by atoms with Gasteiger partial charge in [0, 0.05) is 36.1 Å². The van der Waals surface area contributed by atoms with Crippen molar-refractivity contribution in [3.8, 4) is 0 Å². The normalized spacial score (nSPS) is 31.1. The van der Waals surface area contributed by atoms with Crippen LogP contribution >= 0.6 is 11.8 Å². The predicted molar refractivity (Wildman–Crippen MR) is 86.3 cm³/mol. The minimum absolute atomic E-state index is 0.0157. The SMILES string of the molecule is O=C(c1ccc2c(c1)NCC2)C1CCOC2(CCSC2)C1. The summed E-state index contributed by atoms with van der Waals surface area (Å²) in [6.07, 6.45) is 3.95. The van der Waals surface area contributed by atoms with Crippen LogP contribution in [0.5, 0.6) is 0 Å². The Kier molecular flexibility index (Phi) is 3.46. The second kappa shape index (κ2) is 5.33. The number of benzene rings is 1. The van der Waals surface area contributed by atoms with Crippen molar-refractivity contribution in [3.63, 3.8) is 0 Å². The van der Waals surface area contributed by atoms with E-state index in [0.29, 0.717) is 5.78 Å². The van der Waals surface area contributed by atoms with E-state index < -0.39 is 0 Å². The molecule has 3 nitrogen and oxygen atoms in total. The number of nitrogens with one attached hydrogen (secondary N) is 1. The summed E-state index contributed by atoms with van der Waals surface area (Å²) in [6, 6.07) is 6.18. The number of fused-ring (bicyclic) bond motifs is 1. The van der Waals surface area contributed by atoms with Crippen molar-refractivity contribution in [2.75, 3.05) is 30.0 Å². The van der Waals surface area contributed by atoms with Crippen LogP contribution in [-0.2, 0) is 11.2 Å². The molecule has 21 heavy (non-hydrogen) atoms. The highest BCUT2D eigenvalue weighted by molar-refractivity contribution is 7.99. The zero-order valence-electron chi connectivity index (χ0n) is 12.2. The molecule has 4 rings (SSSR count). The van der Waals surface area contributed by atoms with E-state index in [9.17, 15) is 4.79 Å². The summed E-state index contributed by atoms with van der Waals surface area (Å²) in [4.78, 5) is 12.8. The maximum atomic E-state index is 12.8. The Morgan fingerprint density at radius 1 is 1.43 bits per heavy atom. The molecule has 2 saturated heterocycles. The third kappa shape index (κ3) is 2.49. The largest absolute Gasteiger partial charge is 0.384 e. The molecule has 2 fully saturated rings. The fourth-order valence-electron chi connectivity index (χ4n) is 3.79. The lowest BCUT2D eigenvalue weighted by Gasteiger charge is -2.37. The van der Waals surface area contributed by atoms with E-state index in [1.807, 2.05) is 17.8 Å². The van der Waals surface area contributed by atoms with Crippen LogP contribution in [0.4, 0.5) is 5.69 Å².